The number of nitrogens with one attached hydrogen (secondary N) is 1. The van der Waals surface area contributed by atoms with Crippen LogP contribution in [0.25, 0.3) is 0 Å². The molecule has 0 aliphatic carbocycles. The fraction of sp³-hybridized carbons (Fsp3) is 0.100. The molecule has 1 aromatic rings. The van der Waals surface area contributed by atoms with Gasteiger partial charge in [-0.05, 0) is 12.1 Å². The molecule has 1 amide bonds. The van der Waals surface area contributed by atoms with Crippen LogP contribution in [0, 0.1) is 0 Å². The van der Waals surface area contributed by atoms with E-state index < -0.39 is 0 Å². The molecule has 0 aliphatic rings. The highest BCUT2D eigenvalue weighted by atomic mass is 16.3. The molecule has 0 atom stereocenters. The van der Waals surface area contributed by atoms with E-state index in [1.54, 1.807) is 12.1 Å². The average Bonchev–Trinajstić information content (AvgIpc) is 2.18. The van der Waals surface area contributed by atoms with E-state index in [9.17, 15) is 9.90 Å². The van der Waals surface area contributed by atoms with Crippen LogP contribution >= 0.6 is 0 Å². The molecule has 4 heteroatoms. The van der Waals surface area contributed by atoms with Gasteiger partial charge in [0, 0.05) is 23.9 Å². The van der Waals surface area contributed by atoms with Gasteiger partial charge in [0.15, 0.2) is 0 Å². The van der Waals surface area contributed by atoms with Gasteiger partial charge in [0.25, 0.3) is 0 Å². The molecule has 0 saturated carbocycles. The first kappa shape index (κ1) is 10.3. The standard InChI is InChI=1S/C10H12N2O2/c1-2-10(14)12-8-4-3-7(6-11)9(13)5-8/h2-5,13H,1,6,11H2,(H,12,14). The second-order valence-corrected chi connectivity index (χ2v) is 2.74. The zero-order valence-electron chi connectivity index (χ0n) is 7.66. The van der Waals surface area contributed by atoms with E-state index in [4.69, 9.17) is 5.73 Å². The molecule has 1 rings (SSSR count). The van der Waals surface area contributed by atoms with Crippen LogP contribution in [0.1, 0.15) is 5.56 Å². The van der Waals surface area contributed by atoms with Gasteiger partial charge in [-0.25, -0.2) is 0 Å². The molecule has 4 nitrogen and oxygen atoms in total. The molecule has 14 heavy (non-hydrogen) atoms. The predicted octanol–water partition coefficient (Wildman–Crippen LogP) is 0.975. The molecule has 0 spiro atoms. The van der Waals surface area contributed by atoms with Gasteiger partial charge in [-0.1, -0.05) is 12.6 Å². The van der Waals surface area contributed by atoms with Gasteiger partial charge in [0.2, 0.25) is 5.91 Å². The lowest BCUT2D eigenvalue weighted by Gasteiger charge is -2.05. The number of anilines is 1. The van der Waals surface area contributed by atoms with E-state index in [0.717, 1.165) is 6.08 Å². The summed E-state index contributed by atoms with van der Waals surface area (Å²) < 4.78 is 0. The Morgan fingerprint density at radius 2 is 2.36 bits per heavy atom. The lowest BCUT2D eigenvalue weighted by molar-refractivity contribution is -0.111. The third-order valence-corrected chi connectivity index (χ3v) is 1.76. The Kier molecular flexibility index (Phi) is 3.25. The van der Waals surface area contributed by atoms with Crippen LogP contribution in [0.15, 0.2) is 30.9 Å². The molecule has 4 N–H and O–H groups in total. The predicted molar refractivity (Wildman–Crippen MR) is 54.8 cm³/mol. The molecule has 0 aliphatic heterocycles. The van der Waals surface area contributed by atoms with E-state index in [1.165, 1.54) is 6.07 Å². The molecule has 0 bridgehead atoms. The van der Waals surface area contributed by atoms with Gasteiger partial charge >= 0.3 is 0 Å². The van der Waals surface area contributed by atoms with E-state index in [-0.39, 0.29) is 18.2 Å². The molecule has 0 unspecified atom stereocenters. The smallest absolute Gasteiger partial charge is 0.247 e. The van der Waals surface area contributed by atoms with Crippen LogP contribution in [0.2, 0.25) is 0 Å². The van der Waals surface area contributed by atoms with Gasteiger partial charge in [0.1, 0.15) is 5.75 Å². The Hall–Kier alpha value is -1.81. The molecular formula is C10H12N2O2. The molecule has 1 aromatic carbocycles. The zero-order chi connectivity index (χ0) is 10.6. The number of aromatic hydroxyl groups is 1. The summed E-state index contributed by atoms with van der Waals surface area (Å²) >= 11 is 0. The first-order valence-electron chi connectivity index (χ1n) is 4.12. The number of carbonyl (C=O) groups is 1. The number of phenols is 1. The summed E-state index contributed by atoms with van der Waals surface area (Å²) in [4.78, 5) is 10.9. The van der Waals surface area contributed by atoms with Crippen molar-refractivity contribution >= 4 is 11.6 Å². The van der Waals surface area contributed by atoms with Crippen molar-refractivity contribution in [3.05, 3.63) is 36.4 Å². The summed E-state index contributed by atoms with van der Waals surface area (Å²) in [6, 6.07) is 4.78. The number of amides is 1. The van der Waals surface area contributed by atoms with Gasteiger partial charge < -0.3 is 16.2 Å². The monoisotopic (exact) mass is 192 g/mol. The molecule has 74 valence electrons. The van der Waals surface area contributed by atoms with Crippen LogP contribution in [0.3, 0.4) is 0 Å². The lowest BCUT2D eigenvalue weighted by atomic mass is 10.2. The van der Waals surface area contributed by atoms with Crippen molar-refractivity contribution < 1.29 is 9.90 Å². The second kappa shape index (κ2) is 4.43. The van der Waals surface area contributed by atoms with Crippen LogP contribution in [-0.2, 0) is 11.3 Å². The van der Waals surface area contributed by atoms with Gasteiger partial charge in [0.05, 0.1) is 0 Å². The van der Waals surface area contributed by atoms with Gasteiger partial charge in [-0.15, -0.1) is 0 Å². The van der Waals surface area contributed by atoms with Crippen molar-refractivity contribution in [1.29, 1.82) is 0 Å². The largest absolute Gasteiger partial charge is 0.508 e. The molecule has 0 heterocycles. The highest BCUT2D eigenvalue weighted by Gasteiger charge is 2.02. The maximum absolute atomic E-state index is 10.9. The Morgan fingerprint density at radius 1 is 1.64 bits per heavy atom. The maximum Gasteiger partial charge on any atom is 0.247 e. The summed E-state index contributed by atoms with van der Waals surface area (Å²) in [7, 11) is 0. The van der Waals surface area contributed by atoms with Crippen molar-refractivity contribution in [2.24, 2.45) is 5.73 Å². The van der Waals surface area contributed by atoms with Crippen molar-refractivity contribution in [1.82, 2.24) is 0 Å². The third-order valence-electron chi connectivity index (χ3n) is 1.76. The summed E-state index contributed by atoms with van der Waals surface area (Å²) in [5.41, 5.74) is 6.52. The summed E-state index contributed by atoms with van der Waals surface area (Å²) in [6.07, 6.45) is 1.16. The Morgan fingerprint density at radius 3 is 2.86 bits per heavy atom. The topological polar surface area (TPSA) is 75.4 Å². The number of nitrogens with two attached hydrogens (primary N) is 1. The summed E-state index contributed by atoms with van der Waals surface area (Å²) in [6.45, 7) is 3.58. The number of hydrogen-bond donors (Lipinski definition) is 3. The van der Waals surface area contributed by atoms with Gasteiger partial charge in [-0.3, -0.25) is 4.79 Å². The van der Waals surface area contributed by atoms with Crippen molar-refractivity contribution in [3.63, 3.8) is 0 Å². The van der Waals surface area contributed by atoms with Crippen molar-refractivity contribution in [2.45, 2.75) is 6.54 Å². The SMILES string of the molecule is C=CC(=O)Nc1ccc(CN)c(O)c1. The minimum absolute atomic E-state index is 0.0781. The normalized spacial score (nSPS) is 9.50. The van der Waals surface area contributed by atoms with E-state index in [2.05, 4.69) is 11.9 Å². The highest BCUT2D eigenvalue weighted by Crippen LogP contribution is 2.21. The summed E-state index contributed by atoms with van der Waals surface area (Å²) in [5, 5.41) is 11.9. The molecular weight excluding hydrogens is 180 g/mol. The van der Waals surface area contributed by atoms with Crippen molar-refractivity contribution in [2.75, 3.05) is 5.32 Å². The Balaban J connectivity index is 2.86. The van der Waals surface area contributed by atoms with Crippen LogP contribution in [0.5, 0.6) is 5.75 Å². The fourth-order valence-corrected chi connectivity index (χ4v) is 1.01. The fourth-order valence-electron chi connectivity index (χ4n) is 1.01. The van der Waals surface area contributed by atoms with E-state index in [1.807, 2.05) is 0 Å². The van der Waals surface area contributed by atoms with Crippen molar-refractivity contribution in [3.8, 4) is 5.75 Å². The van der Waals surface area contributed by atoms with E-state index in [0.29, 0.717) is 11.3 Å². The number of carbonyl (C=O) groups excluding carboxylic acids is 1. The quantitative estimate of drug-likeness (QED) is 0.625. The first-order chi connectivity index (χ1) is 6.67. The molecule has 0 radical (unpaired) electrons. The number of phenolic OH excluding ortho intramolecular Hbond substituents is 1. The van der Waals surface area contributed by atoms with Crippen LogP contribution < -0.4 is 11.1 Å². The van der Waals surface area contributed by atoms with E-state index >= 15 is 0 Å². The average molecular weight is 192 g/mol. The molecule has 0 aromatic heterocycles. The molecule has 0 fully saturated rings. The minimum atomic E-state index is -0.315. The van der Waals surface area contributed by atoms with Crippen LogP contribution in [-0.4, -0.2) is 11.0 Å². The zero-order valence-corrected chi connectivity index (χ0v) is 7.66. The maximum atomic E-state index is 10.9. The van der Waals surface area contributed by atoms with Crippen LogP contribution in [0.4, 0.5) is 5.69 Å². The molecule has 0 saturated heterocycles. The number of benzene rings is 1. The highest BCUT2D eigenvalue weighted by molar-refractivity contribution is 5.98. The van der Waals surface area contributed by atoms with Gasteiger partial charge in [-0.2, -0.15) is 0 Å². The third kappa shape index (κ3) is 2.34. The number of rotatable bonds is 3. The second-order valence-electron chi connectivity index (χ2n) is 2.74. The summed E-state index contributed by atoms with van der Waals surface area (Å²) in [5.74, 6) is -0.237. The Bertz CT molecular complexity index is 361. The first-order valence-corrected chi connectivity index (χ1v) is 4.12. The lowest BCUT2D eigenvalue weighted by Crippen LogP contribution is -2.07. The number of hydrogen-bond acceptors (Lipinski definition) is 3. The Labute approximate surface area is 82.0 Å². The minimum Gasteiger partial charge on any atom is -0.508 e.